The summed E-state index contributed by atoms with van der Waals surface area (Å²) in [5.41, 5.74) is 4.57. The number of benzene rings is 3. The Kier molecular flexibility index (Phi) is 9.54. The van der Waals surface area contributed by atoms with E-state index in [0.29, 0.717) is 32.5 Å². The van der Waals surface area contributed by atoms with Crippen molar-refractivity contribution in [2.45, 2.75) is 76.0 Å². The molecule has 6 rings (SSSR count). The second kappa shape index (κ2) is 13.6. The molecule has 3 aliphatic rings. The van der Waals surface area contributed by atoms with Gasteiger partial charge in [-0.1, -0.05) is 73.7 Å². The van der Waals surface area contributed by atoms with Crippen LogP contribution in [0.4, 0.5) is 10.5 Å². The molecule has 2 amide bonds. The number of cyclic esters (lactones) is 1. The van der Waals surface area contributed by atoms with Crippen LogP contribution in [-0.4, -0.2) is 75.2 Å². The molecule has 46 heavy (non-hydrogen) atoms. The average Bonchev–Trinajstić information content (AvgIpc) is 3.65. The third-order valence-corrected chi connectivity index (χ3v) is 14.9. The van der Waals surface area contributed by atoms with Crippen molar-refractivity contribution in [1.82, 2.24) is 4.90 Å². The van der Waals surface area contributed by atoms with Crippen molar-refractivity contribution in [2.24, 2.45) is 5.92 Å². The summed E-state index contributed by atoms with van der Waals surface area (Å²) in [5, 5.41) is 11.6. The molecule has 0 aliphatic carbocycles. The van der Waals surface area contributed by atoms with Crippen LogP contribution in [0.25, 0.3) is 0 Å². The Hall–Kier alpha value is -3.66. The Balaban J connectivity index is 1.23. The number of aryl methyl sites for hydroxylation is 1. The van der Waals surface area contributed by atoms with Crippen molar-refractivity contribution in [2.75, 3.05) is 31.8 Å². The Bertz CT molecular complexity index is 1540. The monoisotopic (exact) mass is 642 g/mol. The SMILES string of the molecule is COc1ccc([Si](C)(C)[C@@H]2[C@@H](C)[C@@H](CCc3cccc(N4CCOC4=O)c3)O[C@H]2CC(=O)N2Cc3ccccc3C[C@H]2CO)cc1. The summed E-state index contributed by atoms with van der Waals surface area (Å²) >= 11 is 0. The molecule has 2 saturated heterocycles. The van der Waals surface area contributed by atoms with E-state index in [1.807, 2.05) is 41.3 Å². The van der Waals surface area contributed by atoms with E-state index in [1.54, 1.807) is 12.0 Å². The first-order valence-corrected chi connectivity index (χ1v) is 19.6. The third kappa shape index (κ3) is 6.45. The van der Waals surface area contributed by atoms with Crippen molar-refractivity contribution >= 4 is 30.9 Å². The number of hydrogen-bond acceptors (Lipinski definition) is 6. The normalized spacial score (nSPS) is 24.5. The predicted molar refractivity (Wildman–Crippen MR) is 181 cm³/mol. The minimum absolute atomic E-state index is 0.0102. The van der Waals surface area contributed by atoms with Gasteiger partial charge in [-0.15, -0.1) is 0 Å². The summed E-state index contributed by atoms with van der Waals surface area (Å²) in [4.78, 5) is 29.8. The van der Waals surface area contributed by atoms with Gasteiger partial charge in [-0.2, -0.15) is 0 Å². The van der Waals surface area contributed by atoms with E-state index in [1.165, 1.54) is 10.8 Å². The van der Waals surface area contributed by atoms with Crippen LogP contribution in [0.15, 0.2) is 72.8 Å². The zero-order valence-corrected chi connectivity index (χ0v) is 28.4. The molecule has 0 saturated carbocycles. The number of hydrogen-bond donors (Lipinski definition) is 1. The molecule has 0 aromatic heterocycles. The second-order valence-corrected chi connectivity index (χ2v) is 18.2. The van der Waals surface area contributed by atoms with E-state index >= 15 is 0 Å². The maximum Gasteiger partial charge on any atom is 0.414 e. The third-order valence-electron chi connectivity index (χ3n) is 10.5. The van der Waals surface area contributed by atoms with Gasteiger partial charge in [0.1, 0.15) is 12.4 Å². The number of ether oxygens (including phenoxy) is 3. The number of nitrogens with zero attached hydrogens (tertiary/aromatic N) is 2. The summed E-state index contributed by atoms with van der Waals surface area (Å²) in [6.45, 7) is 8.51. The summed E-state index contributed by atoms with van der Waals surface area (Å²) in [5.74, 6) is 1.12. The van der Waals surface area contributed by atoms with Crippen LogP contribution >= 0.6 is 0 Å². The minimum Gasteiger partial charge on any atom is -0.497 e. The second-order valence-electron chi connectivity index (χ2n) is 13.6. The molecule has 2 fully saturated rings. The number of anilines is 1. The fraction of sp³-hybridized carbons (Fsp3) is 0.459. The molecule has 5 atom stereocenters. The number of fused-ring (bicyclic) bond motifs is 1. The summed E-state index contributed by atoms with van der Waals surface area (Å²) in [6, 6.07) is 24.5. The van der Waals surface area contributed by atoms with Gasteiger partial charge in [0.2, 0.25) is 5.91 Å². The fourth-order valence-electron chi connectivity index (χ4n) is 7.99. The van der Waals surface area contributed by atoms with Crippen LogP contribution in [0.2, 0.25) is 18.6 Å². The van der Waals surface area contributed by atoms with E-state index in [4.69, 9.17) is 14.2 Å². The highest BCUT2D eigenvalue weighted by Crippen LogP contribution is 2.47. The Labute approximate surface area is 273 Å². The molecule has 0 bridgehead atoms. The number of methoxy groups -OCH3 is 1. The van der Waals surface area contributed by atoms with Gasteiger partial charge in [0, 0.05) is 12.2 Å². The Morgan fingerprint density at radius 3 is 2.48 bits per heavy atom. The molecule has 0 unspecified atom stereocenters. The molecular weight excluding hydrogens is 597 g/mol. The van der Waals surface area contributed by atoms with Gasteiger partial charge in [-0.25, -0.2) is 4.79 Å². The zero-order valence-electron chi connectivity index (χ0n) is 27.4. The van der Waals surface area contributed by atoms with Crippen LogP contribution in [0.1, 0.15) is 36.5 Å². The summed E-state index contributed by atoms with van der Waals surface area (Å²) < 4.78 is 17.5. The molecule has 3 heterocycles. The molecule has 0 spiro atoms. The van der Waals surface area contributed by atoms with Crippen LogP contribution < -0.4 is 14.8 Å². The fourth-order valence-corrected chi connectivity index (χ4v) is 12.1. The van der Waals surface area contributed by atoms with E-state index in [2.05, 4.69) is 56.4 Å². The highest BCUT2D eigenvalue weighted by molar-refractivity contribution is 6.91. The average molecular weight is 643 g/mol. The number of amides is 2. The quantitative estimate of drug-likeness (QED) is 0.302. The molecule has 244 valence electrons. The van der Waals surface area contributed by atoms with Gasteiger partial charge in [-0.3, -0.25) is 9.69 Å². The van der Waals surface area contributed by atoms with Crippen LogP contribution in [-0.2, 0) is 33.7 Å². The first-order chi connectivity index (χ1) is 22.2. The van der Waals surface area contributed by atoms with Gasteiger partial charge in [0.25, 0.3) is 0 Å². The van der Waals surface area contributed by atoms with E-state index in [9.17, 15) is 14.7 Å². The van der Waals surface area contributed by atoms with E-state index < -0.39 is 8.07 Å². The lowest BCUT2D eigenvalue weighted by Crippen LogP contribution is -2.52. The number of carbonyl (C=O) groups is 2. The van der Waals surface area contributed by atoms with Crippen LogP contribution in [0, 0.1) is 5.92 Å². The summed E-state index contributed by atoms with van der Waals surface area (Å²) in [6.07, 6.45) is 2.04. The number of aliphatic hydroxyl groups excluding tert-OH is 1. The summed E-state index contributed by atoms with van der Waals surface area (Å²) in [7, 11) is -0.468. The molecule has 3 aliphatic heterocycles. The largest absolute Gasteiger partial charge is 0.497 e. The molecule has 0 radical (unpaired) electrons. The van der Waals surface area contributed by atoms with Gasteiger partial charge in [0.05, 0.1) is 53.0 Å². The highest BCUT2D eigenvalue weighted by atomic mass is 28.3. The molecule has 1 N–H and O–H groups in total. The molecule has 3 aromatic rings. The molecule has 9 heteroatoms. The van der Waals surface area contributed by atoms with Gasteiger partial charge >= 0.3 is 6.09 Å². The molecular formula is C37H46N2O6Si. The minimum atomic E-state index is -2.15. The standard InChI is InChI=1S/C37H46N2O6Si/c1-25-33(17-12-26-8-7-11-29(20-26)38-18-19-44-37(38)42)45-34(36(25)46(3,4)32-15-13-31(43-2)14-16-32)22-35(41)39-23-28-10-6-5-9-27(28)21-30(39)24-40/h5-11,13-16,20,25,30,33-34,36,40H,12,17-19,21-24H2,1-4H3/t25-,30-,33+,34-,36+/m0/s1. The van der Waals surface area contributed by atoms with Gasteiger partial charge < -0.3 is 24.2 Å². The Morgan fingerprint density at radius 2 is 1.78 bits per heavy atom. The maximum absolute atomic E-state index is 14.1. The highest BCUT2D eigenvalue weighted by Gasteiger charge is 2.51. The van der Waals surface area contributed by atoms with Crippen LogP contribution in [0.5, 0.6) is 5.75 Å². The predicted octanol–water partition coefficient (Wildman–Crippen LogP) is 5.31. The molecule has 3 aromatic carbocycles. The maximum atomic E-state index is 14.1. The number of rotatable bonds is 10. The number of carbonyl (C=O) groups excluding carboxylic acids is 2. The zero-order chi connectivity index (χ0) is 32.4. The van der Waals surface area contributed by atoms with Crippen molar-refractivity contribution in [3.8, 4) is 5.75 Å². The van der Waals surface area contributed by atoms with Crippen LogP contribution in [0.3, 0.4) is 0 Å². The first kappa shape index (κ1) is 32.3. The number of aliphatic hydroxyl groups is 1. The smallest absolute Gasteiger partial charge is 0.414 e. The van der Waals surface area contributed by atoms with Gasteiger partial charge in [-0.05, 0) is 71.7 Å². The van der Waals surface area contributed by atoms with Crippen molar-refractivity contribution in [1.29, 1.82) is 0 Å². The lowest BCUT2D eigenvalue weighted by Gasteiger charge is -2.39. The lowest BCUT2D eigenvalue weighted by molar-refractivity contribution is -0.138. The van der Waals surface area contributed by atoms with E-state index in [-0.39, 0.29) is 48.3 Å². The molecule has 8 nitrogen and oxygen atoms in total. The van der Waals surface area contributed by atoms with Crippen molar-refractivity contribution < 1.29 is 28.9 Å². The van der Waals surface area contributed by atoms with Gasteiger partial charge in [0.15, 0.2) is 0 Å². The first-order valence-electron chi connectivity index (χ1n) is 16.5. The topological polar surface area (TPSA) is 88.5 Å². The Morgan fingerprint density at radius 1 is 1.02 bits per heavy atom. The lowest BCUT2D eigenvalue weighted by atomic mass is 9.93. The van der Waals surface area contributed by atoms with E-state index in [0.717, 1.165) is 35.4 Å². The van der Waals surface area contributed by atoms with Crippen molar-refractivity contribution in [3.63, 3.8) is 0 Å². The van der Waals surface area contributed by atoms with Crippen molar-refractivity contribution in [3.05, 3.63) is 89.5 Å².